The maximum absolute atomic E-state index is 13.4. The van der Waals surface area contributed by atoms with Gasteiger partial charge in [0.15, 0.2) is 0 Å². The van der Waals surface area contributed by atoms with Crippen LogP contribution in [0.15, 0.2) is 18.2 Å². The van der Waals surface area contributed by atoms with Gasteiger partial charge in [-0.3, -0.25) is 4.79 Å². The van der Waals surface area contributed by atoms with Gasteiger partial charge in [-0.05, 0) is 12.1 Å². The summed E-state index contributed by atoms with van der Waals surface area (Å²) in [6.07, 6.45) is -0.618. The van der Waals surface area contributed by atoms with E-state index in [0.717, 1.165) is 18.2 Å². The first kappa shape index (κ1) is 12.9. The molecule has 1 fully saturated rings. The molecule has 1 unspecified atom stereocenters. The maximum Gasteiger partial charge on any atom is 0.307 e. The molecule has 4 nitrogen and oxygen atoms in total. The van der Waals surface area contributed by atoms with Crippen LogP contribution in [-0.2, 0) is 15.0 Å². The zero-order valence-corrected chi connectivity index (χ0v) is 9.75. The molecule has 1 atom stereocenters. The molecule has 1 saturated heterocycles. The summed E-state index contributed by atoms with van der Waals surface area (Å²) < 4.78 is 61.0. The van der Waals surface area contributed by atoms with Crippen molar-refractivity contribution in [3.05, 3.63) is 29.8 Å². The van der Waals surface area contributed by atoms with E-state index in [1.54, 1.807) is 0 Å². The smallest absolute Gasteiger partial charge is 0.306 e. The van der Waals surface area contributed by atoms with Crippen molar-refractivity contribution in [1.82, 2.24) is 0 Å². The van der Waals surface area contributed by atoms with Crippen molar-refractivity contribution >= 4 is 21.8 Å². The van der Waals surface area contributed by atoms with Crippen molar-refractivity contribution in [2.45, 2.75) is 11.7 Å². The largest absolute Gasteiger partial charge is 0.307 e. The van der Waals surface area contributed by atoms with Gasteiger partial charge in [0.2, 0.25) is 5.91 Å². The Kier molecular flexibility index (Phi) is 3.05. The predicted molar refractivity (Wildman–Crippen MR) is 57.1 cm³/mol. The summed E-state index contributed by atoms with van der Waals surface area (Å²) in [5.41, 5.74) is -0.645. The van der Waals surface area contributed by atoms with Gasteiger partial charge >= 0.3 is 10.2 Å². The van der Waals surface area contributed by atoms with E-state index in [4.69, 9.17) is 0 Å². The van der Waals surface area contributed by atoms with Crippen LogP contribution in [0.5, 0.6) is 0 Å². The lowest BCUT2D eigenvalue weighted by molar-refractivity contribution is -0.117. The van der Waals surface area contributed by atoms with Gasteiger partial charge in [-0.1, -0.05) is 6.07 Å². The molecule has 1 aliphatic rings. The Morgan fingerprint density at radius 2 is 1.78 bits per heavy atom. The van der Waals surface area contributed by atoms with Gasteiger partial charge in [0.1, 0.15) is 22.6 Å². The van der Waals surface area contributed by atoms with Crippen molar-refractivity contribution in [1.29, 1.82) is 0 Å². The fraction of sp³-hybridized carbons (Fsp3) is 0.300. The first-order valence-electron chi connectivity index (χ1n) is 4.98. The van der Waals surface area contributed by atoms with E-state index in [1.165, 1.54) is 0 Å². The Labute approximate surface area is 101 Å². The highest BCUT2D eigenvalue weighted by molar-refractivity contribution is 7.87. The van der Waals surface area contributed by atoms with Crippen molar-refractivity contribution < 1.29 is 25.9 Å². The lowest BCUT2D eigenvalue weighted by Gasteiger charge is -2.17. The summed E-state index contributed by atoms with van der Waals surface area (Å²) in [6, 6.07) is 2.98. The van der Waals surface area contributed by atoms with Crippen LogP contribution in [0.4, 0.5) is 18.4 Å². The number of rotatable bonds is 2. The summed E-state index contributed by atoms with van der Waals surface area (Å²) in [7, 11) is -4.91. The minimum Gasteiger partial charge on any atom is -0.306 e. The predicted octanol–water partition coefficient (Wildman–Crippen LogP) is 1.37. The van der Waals surface area contributed by atoms with Gasteiger partial charge in [-0.25, -0.2) is 8.78 Å². The van der Waals surface area contributed by atoms with Gasteiger partial charge in [0.05, 0.1) is 0 Å². The molecule has 2 rings (SSSR count). The first-order valence-corrected chi connectivity index (χ1v) is 6.43. The number of hydrogen-bond acceptors (Lipinski definition) is 3. The minimum atomic E-state index is -4.91. The third-order valence-corrected chi connectivity index (χ3v) is 3.81. The molecule has 18 heavy (non-hydrogen) atoms. The molecule has 0 aromatic heterocycles. The van der Waals surface area contributed by atoms with Gasteiger partial charge in [-0.15, -0.1) is 3.89 Å². The Morgan fingerprint density at radius 3 is 2.22 bits per heavy atom. The number of amides is 1. The van der Waals surface area contributed by atoms with E-state index < -0.39 is 51.7 Å². The van der Waals surface area contributed by atoms with Crippen LogP contribution in [0, 0.1) is 11.6 Å². The van der Waals surface area contributed by atoms with Crippen molar-refractivity contribution in [3.8, 4) is 0 Å². The van der Waals surface area contributed by atoms with E-state index in [1.807, 2.05) is 0 Å². The second-order valence-corrected chi connectivity index (χ2v) is 5.49. The third-order valence-electron chi connectivity index (χ3n) is 2.70. The maximum atomic E-state index is 13.4. The van der Waals surface area contributed by atoms with E-state index in [0.29, 0.717) is 4.90 Å². The number of carbonyl (C=O) groups excluding carboxylic acids is 1. The molecule has 1 aromatic rings. The SMILES string of the molecule is O=C1CC(S(=O)(=O)F)CN1c1c(F)cccc1F. The second kappa shape index (κ2) is 4.27. The quantitative estimate of drug-likeness (QED) is 0.768. The highest BCUT2D eigenvalue weighted by Crippen LogP contribution is 2.29. The number of benzene rings is 1. The van der Waals surface area contributed by atoms with Crippen LogP contribution in [0.25, 0.3) is 0 Å². The van der Waals surface area contributed by atoms with Crippen LogP contribution in [0.1, 0.15) is 6.42 Å². The van der Waals surface area contributed by atoms with Crippen LogP contribution in [0.3, 0.4) is 0 Å². The average molecular weight is 279 g/mol. The van der Waals surface area contributed by atoms with E-state index in [-0.39, 0.29) is 0 Å². The molecule has 0 radical (unpaired) electrons. The van der Waals surface area contributed by atoms with E-state index in [9.17, 15) is 25.9 Å². The van der Waals surface area contributed by atoms with Crippen LogP contribution >= 0.6 is 0 Å². The molecule has 1 aliphatic heterocycles. The Morgan fingerprint density at radius 1 is 1.22 bits per heavy atom. The fourth-order valence-corrected chi connectivity index (χ4v) is 2.50. The van der Waals surface area contributed by atoms with Crippen LogP contribution in [-0.4, -0.2) is 26.1 Å². The van der Waals surface area contributed by atoms with Crippen LogP contribution < -0.4 is 4.90 Å². The topological polar surface area (TPSA) is 54.5 Å². The Bertz CT molecular complexity index is 582. The van der Waals surface area contributed by atoms with E-state index in [2.05, 4.69) is 0 Å². The zero-order valence-electron chi connectivity index (χ0n) is 8.94. The van der Waals surface area contributed by atoms with Crippen molar-refractivity contribution in [3.63, 3.8) is 0 Å². The molecule has 0 aliphatic carbocycles. The van der Waals surface area contributed by atoms with E-state index >= 15 is 0 Å². The third kappa shape index (κ3) is 2.20. The van der Waals surface area contributed by atoms with Crippen LogP contribution in [0.2, 0.25) is 0 Å². The standard InChI is InChI=1S/C10H8F3NO3S/c11-7-2-1-3-8(12)10(7)14-5-6(4-9(14)15)18(13,16)17/h1-3,6H,4-5H2. The number of halogens is 3. The molecule has 98 valence electrons. The number of anilines is 1. The lowest BCUT2D eigenvalue weighted by Crippen LogP contribution is -2.28. The molecule has 0 bridgehead atoms. The Balaban J connectivity index is 2.39. The lowest BCUT2D eigenvalue weighted by atomic mass is 10.2. The van der Waals surface area contributed by atoms with Gasteiger partial charge in [-0.2, -0.15) is 8.42 Å². The van der Waals surface area contributed by atoms with Crippen molar-refractivity contribution in [2.24, 2.45) is 0 Å². The van der Waals surface area contributed by atoms with Gasteiger partial charge in [0, 0.05) is 13.0 Å². The van der Waals surface area contributed by atoms with Crippen molar-refractivity contribution in [2.75, 3.05) is 11.4 Å². The normalized spacial score (nSPS) is 20.5. The number of hydrogen-bond donors (Lipinski definition) is 0. The molecule has 1 amide bonds. The fourth-order valence-electron chi connectivity index (χ4n) is 1.83. The molecule has 0 N–H and O–H groups in total. The molecule has 8 heteroatoms. The molecular formula is C10H8F3NO3S. The summed E-state index contributed by atoms with van der Waals surface area (Å²) in [5.74, 6) is -2.83. The molecule has 0 spiro atoms. The molecule has 1 aromatic carbocycles. The van der Waals surface area contributed by atoms with Gasteiger partial charge in [0.25, 0.3) is 0 Å². The minimum absolute atomic E-state index is 0.588. The monoisotopic (exact) mass is 279 g/mol. The summed E-state index contributed by atoms with van der Waals surface area (Å²) in [6.45, 7) is -0.588. The first-order chi connectivity index (χ1) is 8.30. The van der Waals surface area contributed by atoms with Gasteiger partial charge < -0.3 is 4.90 Å². The Hall–Kier alpha value is -1.57. The average Bonchev–Trinajstić information content (AvgIpc) is 2.60. The number of carbonyl (C=O) groups is 1. The molecule has 0 saturated carbocycles. The summed E-state index contributed by atoms with van der Waals surface area (Å²) >= 11 is 0. The molecular weight excluding hydrogens is 271 g/mol. The number of para-hydroxylation sites is 1. The number of nitrogens with zero attached hydrogens (tertiary/aromatic N) is 1. The summed E-state index contributed by atoms with van der Waals surface area (Å²) in [5, 5.41) is -1.58. The highest BCUT2D eigenvalue weighted by Gasteiger charge is 2.40. The molecule has 1 heterocycles. The second-order valence-electron chi connectivity index (χ2n) is 3.88. The zero-order chi connectivity index (χ0) is 13.5. The highest BCUT2D eigenvalue weighted by atomic mass is 32.3. The summed E-state index contributed by atoms with van der Waals surface area (Å²) in [4.78, 5) is 12.1.